The second-order valence-corrected chi connectivity index (χ2v) is 11.4. The normalized spacial score (nSPS) is 24.4. The SMILES string of the molecule is C[C@@]12Cc3c([nH]c4ccc(Br)cc34)[C@@H](c3cccc(O)c3)N1C(=O)N(CCCN1CCCCC1)C2=O. The molecule has 2 N–H and O–H groups in total. The van der Waals surface area contributed by atoms with Crippen molar-refractivity contribution in [3.05, 3.63) is 63.8 Å². The van der Waals surface area contributed by atoms with E-state index >= 15 is 0 Å². The summed E-state index contributed by atoms with van der Waals surface area (Å²) in [5.41, 5.74) is 2.71. The maximum absolute atomic E-state index is 13.9. The van der Waals surface area contributed by atoms with E-state index in [0.29, 0.717) is 13.0 Å². The number of H-pyrrole nitrogens is 1. The van der Waals surface area contributed by atoms with Crippen molar-refractivity contribution < 1.29 is 14.7 Å². The predicted octanol–water partition coefficient (Wildman–Crippen LogP) is 5.18. The standard InChI is InChI=1S/C28H31BrN4O3/c1-28-17-22-21-16-19(29)9-10-23(21)30-24(22)25(18-7-5-8-20(34)15-18)33(28)27(36)32(26(28)35)14-6-13-31-11-3-2-4-12-31/h5,7-10,15-16,25,30,34H,2-4,6,11-14,17H2,1H3/t25-,28+/m1/s1. The molecule has 7 nitrogen and oxygen atoms in total. The van der Waals surface area contributed by atoms with E-state index < -0.39 is 11.6 Å². The van der Waals surface area contributed by atoms with Gasteiger partial charge in [-0.2, -0.15) is 0 Å². The van der Waals surface area contributed by atoms with E-state index in [0.717, 1.165) is 58.3 Å². The van der Waals surface area contributed by atoms with Crippen molar-refractivity contribution in [2.45, 2.75) is 50.6 Å². The van der Waals surface area contributed by atoms with Gasteiger partial charge >= 0.3 is 6.03 Å². The number of aromatic nitrogens is 1. The van der Waals surface area contributed by atoms with Crippen LogP contribution >= 0.6 is 15.9 Å². The number of aromatic hydroxyl groups is 1. The fraction of sp³-hybridized carbons (Fsp3) is 0.429. The quantitative estimate of drug-likeness (QED) is 0.429. The number of likely N-dealkylation sites (tertiary alicyclic amines) is 1. The van der Waals surface area contributed by atoms with Crippen LogP contribution in [0.3, 0.4) is 0 Å². The maximum atomic E-state index is 13.9. The monoisotopic (exact) mass is 550 g/mol. The summed E-state index contributed by atoms with van der Waals surface area (Å²) in [6.07, 6.45) is 4.96. The molecule has 0 spiro atoms. The molecular formula is C28H31BrN4O3. The molecule has 0 aliphatic carbocycles. The highest BCUT2D eigenvalue weighted by molar-refractivity contribution is 9.10. The molecule has 188 valence electrons. The maximum Gasteiger partial charge on any atom is 0.328 e. The lowest BCUT2D eigenvalue weighted by molar-refractivity contribution is -0.133. The van der Waals surface area contributed by atoms with E-state index in [1.165, 1.54) is 24.2 Å². The molecule has 2 saturated heterocycles. The topological polar surface area (TPSA) is 79.9 Å². The lowest BCUT2D eigenvalue weighted by Gasteiger charge is -2.42. The van der Waals surface area contributed by atoms with Crippen molar-refractivity contribution in [2.75, 3.05) is 26.2 Å². The van der Waals surface area contributed by atoms with E-state index in [4.69, 9.17) is 0 Å². The van der Waals surface area contributed by atoms with E-state index in [-0.39, 0.29) is 17.7 Å². The number of amides is 3. The van der Waals surface area contributed by atoms with Gasteiger partial charge in [0.1, 0.15) is 17.3 Å². The number of halogens is 1. The Bertz CT molecular complexity index is 1350. The van der Waals surface area contributed by atoms with Gasteiger partial charge in [0, 0.05) is 34.0 Å². The van der Waals surface area contributed by atoms with Crippen LogP contribution in [0, 0.1) is 0 Å². The first-order valence-corrected chi connectivity index (χ1v) is 13.6. The Balaban J connectivity index is 1.39. The van der Waals surface area contributed by atoms with Crippen LogP contribution in [-0.4, -0.2) is 68.4 Å². The number of rotatable bonds is 5. The van der Waals surface area contributed by atoms with Gasteiger partial charge in [0.2, 0.25) is 0 Å². The van der Waals surface area contributed by atoms with Crippen LogP contribution in [0.2, 0.25) is 0 Å². The van der Waals surface area contributed by atoms with Crippen molar-refractivity contribution in [3.8, 4) is 5.75 Å². The number of nitrogens with zero attached hydrogens (tertiary/aromatic N) is 3. The largest absolute Gasteiger partial charge is 0.508 e. The van der Waals surface area contributed by atoms with E-state index in [2.05, 4.69) is 31.9 Å². The molecule has 6 rings (SSSR count). The summed E-state index contributed by atoms with van der Waals surface area (Å²) in [7, 11) is 0. The number of phenols is 1. The fourth-order valence-electron chi connectivity index (χ4n) is 6.36. The number of benzene rings is 2. The van der Waals surface area contributed by atoms with Crippen LogP contribution < -0.4 is 0 Å². The van der Waals surface area contributed by atoms with Crippen molar-refractivity contribution in [3.63, 3.8) is 0 Å². The Labute approximate surface area is 219 Å². The number of carbonyl (C=O) groups excluding carboxylic acids is 2. The van der Waals surface area contributed by atoms with Crippen LogP contribution in [0.5, 0.6) is 5.75 Å². The average molecular weight is 551 g/mol. The zero-order valence-electron chi connectivity index (χ0n) is 20.5. The number of phenolic OH excluding ortho intramolecular Hbond substituents is 1. The van der Waals surface area contributed by atoms with Gasteiger partial charge in [0.05, 0.1) is 0 Å². The van der Waals surface area contributed by atoms with Crippen molar-refractivity contribution >= 4 is 38.8 Å². The zero-order valence-corrected chi connectivity index (χ0v) is 22.1. The summed E-state index contributed by atoms with van der Waals surface area (Å²) in [4.78, 5) is 37.0. The minimum atomic E-state index is -0.997. The molecule has 0 bridgehead atoms. The first-order valence-electron chi connectivity index (χ1n) is 12.8. The molecule has 3 aliphatic heterocycles. The fourth-order valence-corrected chi connectivity index (χ4v) is 6.72. The van der Waals surface area contributed by atoms with Crippen LogP contribution in [-0.2, 0) is 11.2 Å². The third-order valence-electron chi connectivity index (χ3n) is 8.12. The van der Waals surface area contributed by atoms with Crippen LogP contribution in [0.1, 0.15) is 55.5 Å². The van der Waals surface area contributed by atoms with Crippen LogP contribution in [0.4, 0.5) is 4.79 Å². The van der Waals surface area contributed by atoms with Gasteiger partial charge in [-0.15, -0.1) is 0 Å². The molecular weight excluding hydrogens is 520 g/mol. The number of urea groups is 1. The highest BCUT2D eigenvalue weighted by atomic mass is 79.9. The van der Waals surface area contributed by atoms with Gasteiger partial charge in [-0.05, 0) is 87.3 Å². The molecule has 2 atom stereocenters. The number of hydrogen-bond acceptors (Lipinski definition) is 4. The highest BCUT2D eigenvalue weighted by Gasteiger charge is 2.60. The highest BCUT2D eigenvalue weighted by Crippen LogP contribution is 2.49. The van der Waals surface area contributed by atoms with Crippen molar-refractivity contribution in [1.29, 1.82) is 0 Å². The molecule has 1 aromatic heterocycles. The third-order valence-corrected chi connectivity index (χ3v) is 8.61. The summed E-state index contributed by atoms with van der Waals surface area (Å²) < 4.78 is 0.964. The van der Waals surface area contributed by atoms with E-state index in [9.17, 15) is 14.7 Å². The molecule has 8 heteroatoms. The summed E-state index contributed by atoms with van der Waals surface area (Å²) >= 11 is 3.59. The smallest absolute Gasteiger partial charge is 0.328 e. The van der Waals surface area contributed by atoms with Gasteiger partial charge in [-0.3, -0.25) is 14.6 Å². The minimum Gasteiger partial charge on any atom is -0.508 e. The lowest BCUT2D eigenvalue weighted by atomic mass is 9.81. The number of piperidine rings is 1. The molecule has 0 unspecified atom stereocenters. The van der Waals surface area contributed by atoms with Crippen molar-refractivity contribution in [1.82, 2.24) is 19.7 Å². The molecule has 2 aromatic carbocycles. The molecule has 3 aromatic rings. The first kappa shape index (κ1) is 23.6. The molecule has 3 amide bonds. The summed E-state index contributed by atoms with van der Waals surface area (Å²) in [5.74, 6) is 0.00263. The van der Waals surface area contributed by atoms with Gasteiger partial charge in [-0.25, -0.2) is 4.79 Å². The minimum absolute atomic E-state index is 0.133. The molecule has 3 aliphatic rings. The second kappa shape index (κ2) is 8.92. The molecule has 2 fully saturated rings. The summed E-state index contributed by atoms with van der Waals surface area (Å²) in [6, 6.07) is 12.3. The predicted molar refractivity (Wildman–Crippen MR) is 142 cm³/mol. The zero-order chi connectivity index (χ0) is 25.0. The van der Waals surface area contributed by atoms with E-state index in [1.807, 2.05) is 25.1 Å². The molecule has 36 heavy (non-hydrogen) atoms. The summed E-state index contributed by atoms with van der Waals surface area (Å²) in [6.45, 7) is 5.42. The number of nitrogens with one attached hydrogen (secondary N) is 1. The van der Waals surface area contributed by atoms with Crippen molar-refractivity contribution in [2.24, 2.45) is 0 Å². The molecule has 0 saturated carbocycles. The van der Waals surface area contributed by atoms with Gasteiger partial charge < -0.3 is 15.0 Å². The number of imide groups is 1. The summed E-state index contributed by atoms with van der Waals surface area (Å²) in [5, 5.41) is 11.3. The Morgan fingerprint density at radius 3 is 2.67 bits per heavy atom. The number of fused-ring (bicyclic) bond motifs is 4. The van der Waals surface area contributed by atoms with Crippen LogP contribution in [0.25, 0.3) is 10.9 Å². The van der Waals surface area contributed by atoms with Crippen LogP contribution in [0.15, 0.2) is 46.9 Å². The van der Waals surface area contributed by atoms with E-state index in [1.54, 1.807) is 23.1 Å². The lowest BCUT2D eigenvalue weighted by Crippen LogP contribution is -2.53. The Kier molecular flexibility index (Phi) is 5.84. The first-order chi connectivity index (χ1) is 17.4. The molecule has 0 radical (unpaired) electrons. The average Bonchev–Trinajstić information content (AvgIpc) is 3.30. The number of hydrogen-bond donors (Lipinski definition) is 2. The Morgan fingerprint density at radius 2 is 1.89 bits per heavy atom. The number of carbonyl (C=O) groups is 2. The van der Waals surface area contributed by atoms with Gasteiger partial charge in [0.25, 0.3) is 5.91 Å². The Morgan fingerprint density at radius 1 is 1.08 bits per heavy atom. The Hall–Kier alpha value is -2.84. The second-order valence-electron chi connectivity index (χ2n) is 10.5. The van der Waals surface area contributed by atoms with Gasteiger partial charge in [0.15, 0.2) is 0 Å². The third kappa shape index (κ3) is 3.73. The van der Waals surface area contributed by atoms with Gasteiger partial charge in [-0.1, -0.05) is 34.5 Å². The molecule has 4 heterocycles. The number of aromatic amines is 1.